The van der Waals surface area contributed by atoms with Crippen LogP contribution in [0, 0.1) is 0 Å². The number of phenolic OH excluding ortho intramolecular Hbond substituents is 1. The summed E-state index contributed by atoms with van der Waals surface area (Å²) in [5.41, 5.74) is 0. The molecule has 7 heteroatoms. The Balaban J connectivity index is 3.03. The summed E-state index contributed by atoms with van der Waals surface area (Å²) >= 11 is 5.61. The van der Waals surface area contributed by atoms with Crippen molar-refractivity contribution >= 4 is 18.9 Å². The fourth-order valence-electron chi connectivity index (χ4n) is 0.896. The maximum absolute atomic E-state index is 9.32. The highest BCUT2D eigenvalue weighted by molar-refractivity contribution is 6.34. The van der Waals surface area contributed by atoms with Gasteiger partial charge in [-0.05, 0) is 0 Å². The van der Waals surface area contributed by atoms with Crippen LogP contribution >= 0.6 is 11.6 Å². The molecular weight excluding hydrogens is 210 g/mol. The monoisotopic (exact) mass is 218 g/mol. The van der Waals surface area contributed by atoms with E-state index < -0.39 is 7.32 Å². The van der Waals surface area contributed by atoms with Gasteiger partial charge < -0.3 is 24.5 Å². The van der Waals surface area contributed by atoms with Crippen molar-refractivity contribution in [2.45, 2.75) is 0 Å². The van der Waals surface area contributed by atoms with Gasteiger partial charge in [-0.3, -0.25) is 0 Å². The van der Waals surface area contributed by atoms with Gasteiger partial charge >= 0.3 is 7.32 Å². The molecule has 14 heavy (non-hydrogen) atoms. The number of methoxy groups -OCH3 is 1. The van der Waals surface area contributed by atoms with Gasteiger partial charge in [-0.1, -0.05) is 11.6 Å². The van der Waals surface area contributed by atoms with Gasteiger partial charge in [0.05, 0.1) is 12.1 Å². The Bertz CT molecular complexity index is 330. The quantitative estimate of drug-likeness (QED) is 0.640. The summed E-state index contributed by atoms with van der Waals surface area (Å²) in [7, 11) is -0.606. The van der Waals surface area contributed by atoms with E-state index in [1.807, 2.05) is 0 Å². The van der Waals surface area contributed by atoms with Crippen molar-refractivity contribution < 1.29 is 24.5 Å². The number of hydrogen-bond acceptors (Lipinski definition) is 5. The van der Waals surface area contributed by atoms with Gasteiger partial charge in [0.1, 0.15) is 5.75 Å². The molecule has 0 fully saturated rings. The van der Waals surface area contributed by atoms with Crippen LogP contribution < -0.4 is 9.39 Å². The lowest BCUT2D eigenvalue weighted by Gasteiger charge is -2.09. The topological polar surface area (TPSA) is 79.2 Å². The summed E-state index contributed by atoms with van der Waals surface area (Å²) in [6.45, 7) is 0. The third-order valence-corrected chi connectivity index (χ3v) is 1.75. The maximum Gasteiger partial charge on any atom is 0.707 e. The summed E-state index contributed by atoms with van der Waals surface area (Å²) < 4.78 is 9.30. The van der Waals surface area contributed by atoms with Crippen molar-refractivity contribution in [2.75, 3.05) is 7.11 Å². The van der Waals surface area contributed by atoms with Gasteiger partial charge in [0.15, 0.2) is 11.5 Å². The fraction of sp³-hybridized carbons (Fsp3) is 0.143. The largest absolute Gasteiger partial charge is 0.707 e. The molecule has 0 bridgehead atoms. The Morgan fingerprint density at radius 1 is 1.36 bits per heavy atom. The zero-order valence-electron chi connectivity index (χ0n) is 7.27. The maximum atomic E-state index is 9.32. The summed E-state index contributed by atoms with van der Waals surface area (Å²) in [5.74, 6) is -0.0539. The van der Waals surface area contributed by atoms with E-state index in [4.69, 9.17) is 26.4 Å². The number of rotatable bonds is 3. The highest BCUT2D eigenvalue weighted by Gasteiger charge is 2.15. The van der Waals surface area contributed by atoms with Crippen molar-refractivity contribution in [3.63, 3.8) is 0 Å². The van der Waals surface area contributed by atoms with Crippen molar-refractivity contribution in [1.82, 2.24) is 0 Å². The van der Waals surface area contributed by atoms with Crippen molar-refractivity contribution in [3.05, 3.63) is 17.2 Å². The zero-order chi connectivity index (χ0) is 10.7. The zero-order valence-corrected chi connectivity index (χ0v) is 8.02. The first-order valence-electron chi connectivity index (χ1n) is 3.64. The minimum Gasteiger partial charge on any atom is -0.512 e. The predicted octanol–water partition coefficient (Wildman–Crippen LogP) is 0.402. The lowest BCUT2D eigenvalue weighted by molar-refractivity contribution is 0.286. The van der Waals surface area contributed by atoms with Gasteiger partial charge in [-0.15, -0.1) is 0 Å². The Kier molecular flexibility index (Phi) is 3.46. The van der Waals surface area contributed by atoms with Gasteiger partial charge in [0.2, 0.25) is 0 Å². The van der Waals surface area contributed by atoms with Gasteiger partial charge in [-0.2, -0.15) is 0 Å². The smallest absolute Gasteiger partial charge is 0.512 e. The molecule has 0 aliphatic heterocycles. The number of halogens is 1. The molecule has 0 spiro atoms. The molecule has 0 atom stereocenters. The van der Waals surface area contributed by atoms with Gasteiger partial charge in [-0.25, -0.2) is 0 Å². The Labute approximate surface area is 85.6 Å². The average molecular weight is 218 g/mol. The first-order valence-corrected chi connectivity index (χ1v) is 4.01. The van der Waals surface area contributed by atoms with Crippen molar-refractivity contribution in [2.24, 2.45) is 0 Å². The molecule has 0 saturated heterocycles. The average Bonchev–Trinajstić information content (AvgIpc) is 2.10. The van der Waals surface area contributed by atoms with Crippen LogP contribution in [0.4, 0.5) is 0 Å². The first kappa shape index (κ1) is 11.0. The molecule has 0 heterocycles. The van der Waals surface area contributed by atoms with Crippen LogP contribution in [0.3, 0.4) is 0 Å². The molecule has 3 N–H and O–H groups in total. The first-order chi connectivity index (χ1) is 6.54. The van der Waals surface area contributed by atoms with E-state index in [-0.39, 0.29) is 22.3 Å². The van der Waals surface area contributed by atoms with E-state index in [9.17, 15) is 5.11 Å². The van der Waals surface area contributed by atoms with Gasteiger partial charge in [0.25, 0.3) is 0 Å². The molecule has 0 saturated carbocycles. The highest BCUT2D eigenvalue weighted by atomic mass is 35.5. The molecule has 1 aromatic carbocycles. The molecule has 0 unspecified atom stereocenters. The number of ether oxygens (including phenoxy) is 1. The summed E-state index contributed by atoms with van der Waals surface area (Å²) in [4.78, 5) is 0. The van der Waals surface area contributed by atoms with Crippen molar-refractivity contribution in [1.29, 1.82) is 0 Å². The number of aromatic hydroxyl groups is 1. The van der Waals surface area contributed by atoms with Crippen LogP contribution in [0.5, 0.6) is 17.2 Å². The molecule has 1 rings (SSSR count). The Hall–Kier alpha value is -1.11. The van der Waals surface area contributed by atoms with Crippen LogP contribution in [-0.2, 0) is 0 Å². The molecule has 0 aliphatic rings. The summed E-state index contributed by atoms with van der Waals surface area (Å²) in [6, 6.07) is 2.51. The molecular formula is C7H8BClO5. The van der Waals surface area contributed by atoms with Gasteiger partial charge in [0, 0.05) is 12.1 Å². The van der Waals surface area contributed by atoms with Crippen LogP contribution in [0.25, 0.3) is 0 Å². The summed E-state index contributed by atoms with van der Waals surface area (Å²) in [6.07, 6.45) is 0. The molecule has 0 aliphatic carbocycles. The highest BCUT2D eigenvalue weighted by Crippen LogP contribution is 2.37. The van der Waals surface area contributed by atoms with Crippen LogP contribution in [0.1, 0.15) is 0 Å². The van der Waals surface area contributed by atoms with E-state index in [0.717, 1.165) is 0 Å². The molecule has 0 amide bonds. The summed E-state index contributed by atoms with van der Waals surface area (Å²) in [5, 5.41) is 26.4. The standard InChI is InChI=1S/C7H8BClO5/c1-13-6-3-4(14-8(11)12)2-5(9)7(6)10/h2-3,10-12H,1H3. The lowest BCUT2D eigenvalue weighted by Crippen LogP contribution is -2.20. The van der Waals surface area contributed by atoms with Crippen LogP contribution in [0.15, 0.2) is 12.1 Å². The van der Waals surface area contributed by atoms with E-state index in [2.05, 4.69) is 4.65 Å². The molecule has 0 radical (unpaired) electrons. The number of benzene rings is 1. The third kappa shape index (κ3) is 2.44. The minimum atomic E-state index is -1.94. The second kappa shape index (κ2) is 4.41. The SMILES string of the molecule is COc1cc(OB(O)O)cc(Cl)c1O. The molecule has 0 aromatic heterocycles. The Morgan fingerprint density at radius 2 is 2.00 bits per heavy atom. The lowest BCUT2D eigenvalue weighted by atomic mass is 10.2. The van der Waals surface area contributed by atoms with E-state index in [1.54, 1.807) is 0 Å². The van der Waals surface area contributed by atoms with E-state index in [0.29, 0.717) is 0 Å². The second-order valence-corrected chi connectivity index (χ2v) is 2.81. The molecule has 76 valence electrons. The number of phenols is 1. The third-order valence-electron chi connectivity index (χ3n) is 1.46. The normalized spacial score (nSPS) is 9.71. The minimum absolute atomic E-state index is 0.000000000000000444. The van der Waals surface area contributed by atoms with E-state index in [1.165, 1.54) is 19.2 Å². The fourth-order valence-corrected chi connectivity index (χ4v) is 1.10. The van der Waals surface area contributed by atoms with Crippen molar-refractivity contribution in [3.8, 4) is 17.2 Å². The Morgan fingerprint density at radius 3 is 2.50 bits per heavy atom. The van der Waals surface area contributed by atoms with E-state index >= 15 is 0 Å². The molecule has 1 aromatic rings. The van der Waals surface area contributed by atoms with Crippen LogP contribution in [0.2, 0.25) is 5.02 Å². The predicted molar refractivity (Wildman–Crippen MR) is 50.5 cm³/mol. The number of hydrogen-bond donors (Lipinski definition) is 3. The second-order valence-electron chi connectivity index (χ2n) is 2.40. The molecule has 5 nitrogen and oxygen atoms in total. The van der Waals surface area contributed by atoms with Crippen LogP contribution in [-0.4, -0.2) is 29.6 Å².